The van der Waals surface area contributed by atoms with Gasteiger partial charge >= 0.3 is 0 Å². The van der Waals surface area contributed by atoms with Crippen molar-refractivity contribution in [3.8, 4) is 39.6 Å². The van der Waals surface area contributed by atoms with Gasteiger partial charge in [-0.25, -0.2) is 8.96 Å². The van der Waals surface area contributed by atoms with Crippen LogP contribution in [0.5, 0.6) is 0 Å². The van der Waals surface area contributed by atoms with Crippen LogP contribution in [0.4, 0.5) is 4.39 Å². The zero-order valence-corrected chi connectivity index (χ0v) is 23.2. The Bertz CT molecular complexity index is 2050. The van der Waals surface area contributed by atoms with Crippen LogP contribution in [0.3, 0.4) is 0 Å². The molecule has 0 unspecified atom stereocenters. The number of fused-ring (bicyclic) bond motifs is 3. The predicted octanol–water partition coefficient (Wildman–Crippen LogP) is 9.03. The molecule has 0 fully saturated rings. The van der Waals surface area contributed by atoms with Crippen LogP contribution in [0.2, 0.25) is 0 Å². The number of halogens is 1. The Labute approximate surface area is 236 Å². The van der Waals surface area contributed by atoms with E-state index in [0.29, 0.717) is 27.9 Å². The Morgan fingerprint density at radius 2 is 1.50 bits per heavy atom. The molecule has 0 bridgehead atoms. The Kier molecular flexibility index (Phi) is 5.48. The van der Waals surface area contributed by atoms with Crippen LogP contribution < -0.4 is 4.57 Å². The third-order valence-electron chi connectivity index (χ3n) is 7.45. The number of nitriles is 1. The van der Waals surface area contributed by atoms with E-state index in [2.05, 4.69) is 12.1 Å². The number of rotatable bonds is 3. The molecule has 2 aromatic heterocycles. The lowest BCUT2D eigenvalue weighted by molar-refractivity contribution is -0.661. The van der Waals surface area contributed by atoms with Crippen LogP contribution in [0, 0.1) is 24.1 Å². The van der Waals surface area contributed by atoms with Crippen LogP contribution in [-0.4, -0.2) is 0 Å². The Morgan fingerprint density at radius 1 is 0.850 bits per heavy atom. The topological polar surface area (TPSA) is 40.8 Å². The van der Waals surface area contributed by atoms with Crippen molar-refractivity contribution >= 4 is 21.9 Å². The highest BCUT2D eigenvalue weighted by atomic mass is 19.1. The molecule has 2 heterocycles. The molecular formula is C36H30FN2O+. The average molecular weight is 528 g/mol. The highest BCUT2D eigenvalue weighted by Crippen LogP contribution is 2.42. The fourth-order valence-electron chi connectivity index (χ4n) is 5.41. The minimum atomic E-state index is -0.696. The molecule has 6 rings (SSSR count). The van der Waals surface area contributed by atoms with Crippen LogP contribution in [-0.2, 0) is 12.5 Å². The second kappa shape index (κ2) is 9.47. The lowest BCUT2D eigenvalue weighted by Crippen LogP contribution is -2.34. The van der Waals surface area contributed by atoms with Gasteiger partial charge in [0.05, 0.1) is 24.1 Å². The molecule has 0 N–H and O–H groups in total. The quantitative estimate of drug-likeness (QED) is 0.215. The van der Waals surface area contributed by atoms with Crippen LogP contribution in [0.1, 0.15) is 40.2 Å². The molecule has 6 aromatic rings. The minimum Gasteiger partial charge on any atom is -0.454 e. The molecule has 196 valence electrons. The molecule has 0 saturated carbocycles. The van der Waals surface area contributed by atoms with Gasteiger partial charge in [-0.15, -0.1) is 0 Å². The summed E-state index contributed by atoms with van der Waals surface area (Å²) in [7, 11) is 1.69. The number of aromatic nitrogens is 1. The first-order valence-corrected chi connectivity index (χ1v) is 13.3. The van der Waals surface area contributed by atoms with Gasteiger partial charge in [-0.3, -0.25) is 0 Å². The predicted molar refractivity (Wildman–Crippen MR) is 159 cm³/mol. The van der Waals surface area contributed by atoms with Crippen molar-refractivity contribution in [2.45, 2.75) is 33.1 Å². The first-order chi connectivity index (χ1) is 20.0. The van der Waals surface area contributed by atoms with E-state index >= 15 is 4.39 Å². The Hall–Kier alpha value is -4.75. The van der Waals surface area contributed by atoms with E-state index in [1.165, 1.54) is 0 Å². The molecule has 0 aliphatic heterocycles. The third-order valence-corrected chi connectivity index (χ3v) is 7.45. The Morgan fingerprint density at radius 3 is 2.20 bits per heavy atom. The van der Waals surface area contributed by atoms with Crippen molar-refractivity contribution < 1.29 is 16.1 Å². The first-order valence-electron chi connectivity index (χ1n) is 14.3. The van der Waals surface area contributed by atoms with Gasteiger partial charge in [0.15, 0.2) is 6.17 Å². The highest BCUT2D eigenvalue weighted by Gasteiger charge is 2.28. The van der Waals surface area contributed by atoms with Gasteiger partial charge in [-0.1, -0.05) is 81.4 Å². The zero-order chi connectivity index (χ0) is 29.9. The molecule has 4 heteroatoms. The molecule has 40 heavy (non-hydrogen) atoms. The fourth-order valence-corrected chi connectivity index (χ4v) is 5.41. The van der Waals surface area contributed by atoms with Gasteiger partial charge in [0, 0.05) is 22.4 Å². The van der Waals surface area contributed by atoms with Crippen molar-refractivity contribution in [3.05, 3.63) is 114 Å². The number of hydrogen-bond acceptors (Lipinski definition) is 2. The maximum absolute atomic E-state index is 15.8. The standard InChI is InChI=1S/C36H30FN2O/c1-22-14-16-27-28-17-15-26(20-38)33(25-13-9-12-24(18-25)23-10-7-6-8-11-23)35(28)40-34(27)32(22)31-19-30(37)29(21-39(31)5)36(2,3)4/h6-19,21H,1-5H3/q+1/i19D,21D. The maximum Gasteiger partial charge on any atom is 0.219 e. The summed E-state index contributed by atoms with van der Waals surface area (Å²) in [6.07, 6.45) is 0.0173. The lowest BCUT2D eigenvalue weighted by Gasteiger charge is -2.18. The van der Waals surface area contributed by atoms with Gasteiger partial charge < -0.3 is 4.42 Å². The molecular weight excluding hydrogens is 495 g/mol. The number of aryl methyl sites for hydroxylation is 1. The van der Waals surface area contributed by atoms with E-state index in [1.54, 1.807) is 17.7 Å². The molecule has 3 nitrogen and oxygen atoms in total. The second-order valence-electron chi connectivity index (χ2n) is 11.2. The van der Waals surface area contributed by atoms with Crippen LogP contribution >= 0.6 is 0 Å². The van der Waals surface area contributed by atoms with Gasteiger partial charge in [0.2, 0.25) is 5.69 Å². The SMILES string of the molecule is [2H]c1c(F)c(C(C)(C)C)c([2H])[n+](C)c1-c1c(C)ccc2c1oc1c(-c3cccc(-c4ccccc4)c3)c(C#N)ccc12. The summed E-state index contributed by atoms with van der Waals surface area (Å²) in [6, 6.07) is 27.7. The first kappa shape index (κ1) is 23.2. The van der Waals surface area contributed by atoms with Crippen LogP contribution in [0.15, 0.2) is 95.5 Å². The summed E-state index contributed by atoms with van der Waals surface area (Å²) in [4.78, 5) is 0. The summed E-state index contributed by atoms with van der Waals surface area (Å²) in [5.74, 6) is -0.696. The second-order valence-corrected chi connectivity index (χ2v) is 11.2. The summed E-state index contributed by atoms with van der Waals surface area (Å²) < 4.78 is 41.7. The number of nitrogens with zero attached hydrogens (tertiary/aromatic N) is 2. The third kappa shape index (κ3) is 4.15. The van der Waals surface area contributed by atoms with E-state index in [1.807, 2.05) is 94.4 Å². The normalized spacial score (nSPS) is 12.4. The Balaban J connectivity index is 1.68. The van der Waals surface area contributed by atoms with Gasteiger partial charge in [0.25, 0.3) is 0 Å². The van der Waals surface area contributed by atoms with Crippen molar-refractivity contribution in [2.75, 3.05) is 0 Å². The molecule has 4 aromatic carbocycles. The molecule has 0 saturated heterocycles. The molecule has 0 atom stereocenters. The van der Waals surface area contributed by atoms with E-state index < -0.39 is 11.2 Å². The highest BCUT2D eigenvalue weighted by molar-refractivity contribution is 6.14. The molecule has 0 aliphatic rings. The van der Waals surface area contributed by atoms with Gasteiger partial charge in [-0.2, -0.15) is 5.26 Å². The number of hydrogen-bond donors (Lipinski definition) is 0. The smallest absolute Gasteiger partial charge is 0.219 e. The average Bonchev–Trinajstić information content (AvgIpc) is 3.35. The fraction of sp³-hybridized carbons (Fsp3) is 0.167. The minimum absolute atomic E-state index is 0.0173. The summed E-state index contributed by atoms with van der Waals surface area (Å²) in [5, 5.41) is 11.7. The molecule has 0 radical (unpaired) electrons. The van der Waals surface area contributed by atoms with E-state index in [-0.39, 0.29) is 23.5 Å². The van der Waals surface area contributed by atoms with E-state index in [4.69, 9.17) is 7.16 Å². The van der Waals surface area contributed by atoms with Crippen molar-refractivity contribution in [1.29, 1.82) is 5.26 Å². The number of furan rings is 1. The van der Waals surface area contributed by atoms with E-state index in [9.17, 15) is 5.26 Å². The monoisotopic (exact) mass is 527 g/mol. The zero-order valence-electron chi connectivity index (χ0n) is 25.2. The summed E-state index contributed by atoms with van der Waals surface area (Å²) in [5.41, 5.74) is 6.31. The van der Waals surface area contributed by atoms with Gasteiger partial charge in [-0.05, 0) is 52.8 Å². The number of pyridine rings is 1. The van der Waals surface area contributed by atoms with E-state index in [0.717, 1.165) is 33.0 Å². The molecule has 0 amide bonds. The summed E-state index contributed by atoms with van der Waals surface area (Å²) >= 11 is 0. The molecule has 0 aliphatic carbocycles. The van der Waals surface area contributed by atoms with Crippen LogP contribution in [0.25, 0.3) is 55.4 Å². The largest absolute Gasteiger partial charge is 0.454 e. The summed E-state index contributed by atoms with van der Waals surface area (Å²) in [6.45, 7) is 7.42. The van der Waals surface area contributed by atoms with Gasteiger partial charge in [0.1, 0.15) is 25.4 Å². The lowest BCUT2D eigenvalue weighted by atomic mass is 9.87. The van der Waals surface area contributed by atoms with Crippen molar-refractivity contribution in [2.24, 2.45) is 7.05 Å². The van der Waals surface area contributed by atoms with Crippen molar-refractivity contribution in [3.63, 3.8) is 0 Å². The molecule has 0 spiro atoms. The number of benzene rings is 4. The maximum atomic E-state index is 15.8. The van der Waals surface area contributed by atoms with Crippen molar-refractivity contribution in [1.82, 2.24) is 0 Å².